The van der Waals surface area contributed by atoms with Crippen molar-refractivity contribution in [1.29, 1.82) is 0 Å². The van der Waals surface area contributed by atoms with E-state index >= 15 is 0 Å². The van der Waals surface area contributed by atoms with E-state index in [1.165, 1.54) is 0 Å². The molecule has 0 saturated carbocycles. The molecule has 2 amide bonds. The fourth-order valence-electron chi connectivity index (χ4n) is 3.00. The van der Waals surface area contributed by atoms with Crippen LogP contribution in [0, 0.1) is 0 Å². The van der Waals surface area contributed by atoms with Gasteiger partial charge in [0, 0.05) is 13.7 Å². The van der Waals surface area contributed by atoms with Gasteiger partial charge in [0.05, 0.1) is 17.9 Å². The van der Waals surface area contributed by atoms with Crippen LogP contribution in [-0.2, 0) is 9.53 Å². The highest BCUT2D eigenvalue weighted by molar-refractivity contribution is 6.04. The minimum absolute atomic E-state index is 0.280. The predicted octanol–water partition coefficient (Wildman–Crippen LogP) is 4.14. The third-order valence-corrected chi connectivity index (χ3v) is 4.66. The van der Waals surface area contributed by atoms with Gasteiger partial charge in [-0.15, -0.1) is 0 Å². The van der Waals surface area contributed by atoms with Crippen LogP contribution in [0.15, 0.2) is 78.9 Å². The maximum Gasteiger partial charge on any atom is 0.265 e. The van der Waals surface area contributed by atoms with E-state index in [-0.39, 0.29) is 11.8 Å². The molecule has 3 aromatic carbocycles. The van der Waals surface area contributed by atoms with Crippen molar-refractivity contribution in [2.24, 2.45) is 0 Å². The number of benzene rings is 3. The van der Waals surface area contributed by atoms with Crippen LogP contribution in [0.25, 0.3) is 11.1 Å². The molecule has 160 valence electrons. The number of amides is 2. The Hall–Kier alpha value is -3.64. The number of nitrogens with one attached hydrogen (secondary N) is 2. The number of carbonyl (C=O) groups excluding carboxylic acids is 2. The first-order valence-corrected chi connectivity index (χ1v) is 10.1. The van der Waals surface area contributed by atoms with Crippen LogP contribution in [-0.4, -0.2) is 38.2 Å². The van der Waals surface area contributed by atoms with Crippen molar-refractivity contribution in [2.45, 2.75) is 13.0 Å². The van der Waals surface area contributed by atoms with Crippen molar-refractivity contribution >= 4 is 17.5 Å². The zero-order valence-electron chi connectivity index (χ0n) is 17.6. The molecule has 1 atom stereocenters. The summed E-state index contributed by atoms with van der Waals surface area (Å²) in [4.78, 5) is 25.0. The molecule has 0 aliphatic carbocycles. The van der Waals surface area contributed by atoms with Crippen molar-refractivity contribution in [1.82, 2.24) is 5.32 Å². The van der Waals surface area contributed by atoms with Gasteiger partial charge in [0.25, 0.3) is 11.8 Å². The number of hydrogen-bond acceptors (Lipinski definition) is 4. The van der Waals surface area contributed by atoms with Gasteiger partial charge >= 0.3 is 0 Å². The Labute approximate surface area is 182 Å². The predicted molar refractivity (Wildman–Crippen MR) is 121 cm³/mol. The lowest BCUT2D eigenvalue weighted by molar-refractivity contribution is -0.122. The van der Waals surface area contributed by atoms with Crippen LogP contribution >= 0.6 is 0 Å². The van der Waals surface area contributed by atoms with E-state index in [2.05, 4.69) is 10.6 Å². The number of rotatable bonds is 9. The highest BCUT2D eigenvalue weighted by Gasteiger charge is 2.18. The Kier molecular flexibility index (Phi) is 7.79. The maximum absolute atomic E-state index is 12.7. The summed E-state index contributed by atoms with van der Waals surface area (Å²) in [5, 5.41) is 5.54. The van der Waals surface area contributed by atoms with Crippen LogP contribution in [0.4, 0.5) is 5.69 Å². The van der Waals surface area contributed by atoms with E-state index in [4.69, 9.17) is 9.47 Å². The number of para-hydroxylation sites is 1. The van der Waals surface area contributed by atoms with Crippen LogP contribution in [0.1, 0.15) is 17.3 Å². The summed E-state index contributed by atoms with van der Waals surface area (Å²) in [5.41, 5.74) is 2.99. The van der Waals surface area contributed by atoms with Crippen LogP contribution in [0.2, 0.25) is 0 Å². The molecule has 0 fully saturated rings. The standard InChI is InChI=1S/C25H26N2O4/c1-18(31-21-14-12-20(13-15-21)19-8-4-3-5-9-19)24(28)27-23-11-7-6-10-22(23)25(29)26-16-17-30-2/h3-15,18H,16-17H2,1-2H3,(H,26,29)(H,27,28). The third kappa shape index (κ3) is 6.17. The van der Waals surface area contributed by atoms with Gasteiger partial charge in [0.1, 0.15) is 5.75 Å². The summed E-state index contributed by atoms with van der Waals surface area (Å²) in [5.74, 6) is -0.0322. The van der Waals surface area contributed by atoms with Crippen LogP contribution in [0.5, 0.6) is 5.75 Å². The Morgan fingerprint density at radius 1 is 0.871 bits per heavy atom. The summed E-state index contributed by atoms with van der Waals surface area (Å²) in [6.45, 7) is 2.46. The number of methoxy groups -OCH3 is 1. The minimum Gasteiger partial charge on any atom is -0.481 e. The molecule has 3 rings (SSSR count). The highest BCUT2D eigenvalue weighted by Crippen LogP contribution is 2.23. The number of carbonyl (C=O) groups is 2. The lowest BCUT2D eigenvalue weighted by atomic mass is 10.1. The Balaban J connectivity index is 1.62. The maximum atomic E-state index is 12.7. The molecule has 1 unspecified atom stereocenters. The van der Waals surface area contributed by atoms with Gasteiger partial charge in [-0.05, 0) is 42.3 Å². The largest absolute Gasteiger partial charge is 0.481 e. The van der Waals surface area contributed by atoms with Crippen molar-refractivity contribution in [3.05, 3.63) is 84.4 Å². The lowest BCUT2D eigenvalue weighted by Gasteiger charge is -2.17. The molecule has 0 radical (unpaired) electrons. The third-order valence-electron chi connectivity index (χ3n) is 4.66. The summed E-state index contributed by atoms with van der Waals surface area (Å²) < 4.78 is 10.7. The van der Waals surface area contributed by atoms with Crippen molar-refractivity contribution in [3.63, 3.8) is 0 Å². The zero-order valence-corrected chi connectivity index (χ0v) is 17.6. The fourth-order valence-corrected chi connectivity index (χ4v) is 3.00. The molecular weight excluding hydrogens is 392 g/mol. The highest BCUT2D eigenvalue weighted by atomic mass is 16.5. The van der Waals surface area contributed by atoms with E-state index in [0.717, 1.165) is 11.1 Å². The van der Waals surface area contributed by atoms with Crippen LogP contribution in [0.3, 0.4) is 0 Å². The molecular formula is C25H26N2O4. The molecule has 0 spiro atoms. The van der Waals surface area contributed by atoms with Crippen LogP contribution < -0.4 is 15.4 Å². The smallest absolute Gasteiger partial charge is 0.265 e. The molecule has 0 aliphatic rings. The van der Waals surface area contributed by atoms with E-state index in [1.807, 2.05) is 54.6 Å². The molecule has 0 bridgehead atoms. The van der Waals surface area contributed by atoms with Gasteiger partial charge in [0.2, 0.25) is 0 Å². The fraction of sp³-hybridized carbons (Fsp3) is 0.200. The quantitative estimate of drug-likeness (QED) is 0.512. The van der Waals surface area contributed by atoms with Gasteiger partial charge in [-0.3, -0.25) is 9.59 Å². The van der Waals surface area contributed by atoms with Gasteiger partial charge in [-0.25, -0.2) is 0 Å². The monoisotopic (exact) mass is 418 g/mol. The van der Waals surface area contributed by atoms with Crippen molar-refractivity contribution < 1.29 is 19.1 Å². The van der Waals surface area contributed by atoms with Gasteiger partial charge < -0.3 is 20.1 Å². The molecule has 0 heterocycles. The molecule has 6 heteroatoms. The first kappa shape index (κ1) is 22.1. The Bertz CT molecular complexity index is 1000. The molecule has 31 heavy (non-hydrogen) atoms. The van der Waals surface area contributed by atoms with Gasteiger partial charge in [-0.2, -0.15) is 0 Å². The SMILES string of the molecule is COCCNC(=O)c1ccccc1NC(=O)C(C)Oc1ccc(-c2ccccc2)cc1. The van der Waals surface area contributed by atoms with E-state index in [9.17, 15) is 9.59 Å². The number of hydrogen-bond donors (Lipinski definition) is 2. The average Bonchev–Trinajstić information content (AvgIpc) is 2.80. The summed E-state index contributed by atoms with van der Waals surface area (Å²) in [7, 11) is 1.57. The molecule has 6 nitrogen and oxygen atoms in total. The Morgan fingerprint density at radius 3 is 2.23 bits per heavy atom. The Morgan fingerprint density at radius 2 is 1.52 bits per heavy atom. The first-order chi connectivity index (χ1) is 15.1. The summed E-state index contributed by atoms with van der Waals surface area (Å²) >= 11 is 0. The number of anilines is 1. The van der Waals surface area contributed by atoms with Crippen molar-refractivity contribution in [2.75, 3.05) is 25.6 Å². The molecule has 2 N–H and O–H groups in total. The second-order valence-corrected chi connectivity index (χ2v) is 6.93. The summed E-state index contributed by atoms with van der Waals surface area (Å²) in [6, 6.07) is 24.5. The lowest BCUT2D eigenvalue weighted by Crippen LogP contribution is -2.32. The minimum atomic E-state index is -0.743. The van der Waals surface area contributed by atoms with Gasteiger partial charge in [-0.1, -0.05) is 54.6 Å². The van der Waals surface area contributed by atoms with E-state index < -0.39 is 6.10 Å². The van der Waals surface area contributed by atoms with E-state index in [0.29, 0.717) is 30.2 Å². The first-order valence-electron chi connectivity index (χ1n) is 10.1. The molecule has 0 aliphatic heterocycles. The van der Waals surface area contributed by atoms with E-state index in [1.54, 1.807) is 38.3 Å². The van der Waals surface area contributed by atoms with Crippen molar-refractivity contribution in [3.8, 4) is 16.9 Å². The second kappa shape index (κ2) is 10.9. The molecule has 0 aromatic heterocycles. The molecule has 0 saturated heterocycles. The average molecular weight is 418 g/mol. The topological polar surface area (TPSA) is 76.7 Å². The normalized spacial score (nSPS) is 11.4. The zero-order chi connectivity index (χ0) is 22.1. The van der Waals surface area contributed by atoms with Gasteiger partial charge in [0.15, 0.2) is 6.10 Å². The summed E-state index contributed by atoms with van der Waals surface area (Å²) in [6.07, 6.45) is -0.743. The second-order valence-electron chi connectivity index (χ2n) is 6.93. The number of ether oxygens (including phenoxy) is 2. The molecule has 3 aromatic rings.